The third-order valence-electron chi connectivity index (χ3n) is 2.61. The molecule has 0 aromatic rings. The monoisotopic (exact) mass is 229 g/mol. The van der Waals surface area contributed by atoms with E-state index in [1.165, 1.54) is 12.8 Å². The van der Waals surface area contributed by atoms with E-state index >= 15 is 0 Å². The molecule has 0 spiro atoms. The van der Waals surface area contributed by atoms with Crippen molar-refractivity contribution in [3.8, 4) is 0 Å². The van der Waals surface area contributed by atoms with Gasteiger partial charge in [-0.25, -0.2) is 0 Å². The van der Waals surface area contributed by atoms with Crippen molar-refractivity contribution in [2.75, 3.05) is 19.8 Å². The lowest BCUT2D eigenvalue weighted by molar-refractivity contribution is -0.127. The van der Waals surface area contributed by atoms with Crippen LogP contribution in [0.4, 0.5) is 0 Å². The summed E-state index contributed by atoms with van der Waals surface area (Å²) in [5.74, 6) is -0.0375. The van der Waals surface area contributed by atoms with Crippen LogP contribution < -0.4 is 5.32 Å². The van der Waals surface area contributed by atoms with Crippen LogP contribution in [0.2, 0.25) is 0 Å². The van der Waals surface area contributed by atoms with Gasteiger partial charge in [0.25, 0.3) is 0 Å². The summed E-state index contributed by atoms with van der Waals surface area (Å²) in [6, 6.07) is 0. The SMILES string of the molecule is CC(C)OCC(=O)NCCC1CCCCO1. The minimum atomic E-state index is -0.0375. The van der Waals surface area contributed by atoms with Crippen LogP contribution in [0.3, 0.4) is 0 Å². The Morgan fingerprint density at radius 2 is 2.31 bits per heavy atom. The molecule has 1 saturated heterocycles. The molecule has 4 nitrogen and oxygen atoms in total. The first-order valence-corrected chi connectivity index (χ1v) is 6.18. The van der Waals surface area contributed by atoms with E-state index in [1.807, 2.05) is 13.8 Å². The fourth-order valence-corrected chi connectivity index (χ4v) is 1.70. The van der Waals surface area contributed by atoms with Crippen LogP contribution in [0, 0.1) is 0 Å². The van der Waals surface area contributed by atoms with E-state index in [-0.39, 0.29) is 18.6 Å². The van der Waals surface area contributed by atoms with Gasteiger partial charge < -0.3 is 14.8 Å². The number of hydrogen-bond donors (Lipinski definition) is 1. The molecule has 1 aliphatic rings. The van der Waals surface area contributed by atoms with Crippen LogP contribution >= 0.6 is 0 Å². The largest absolute Gasteiger partial charge is 0.378 e. The highest BCUT2D eigenvalue weighted by Crippen LogP contribution is 2.14. The molecule has 4 heteroatoms. The van der Waals surface area contributed by atoms with Gasteiger partial charge in [-0.05, 0) is 39.5 Å². The molecule has 0 radical (unpaired) electrons. The molecule has 0 saturated carbocycles. The van der Waals surface area contributed by atoms with E-state index in [9.17, 15) is 4.79 Å². The minimum absolute atomic E-state index is 0.0375. The highest BCUT2D eigenvalue weighted by molar-refractivity contribution is 5.77. The van der Waals surface area contributed by atoms with Crippen molar-refractivity contribution in [3.05, 3.63) is 0 Å². The molecular formula is C12H23NO3. The van der Waals surface area contributed by atoms with E-state index in [2.05, 4.69) is 5.32 Å². The van der Waals surface area contributed by atoms with E-state index in [0.717, 1.165) is 19.4 Å². The molecule has 1 N–H and O–H groups in total. The zero-order valence-corrected chi connectivity index (χ0v) is 10.3. The van der Waals surface area contributed by atoms with Crippen molar-refractivity contribution < 1.29 is 14.3 Å². The number of carbonyl (C=O) groups is 1. The first-order chi connectivity index (χ1) is 7.68. The molecule has 1 fully saturated rings. The third kappa shape index (κ3) is 6.08. The van der Waals surface area contributed by atoms with Gasteiger partial charge in [0.1, 0.15) is 6.61 Å². The number of rotatable bonds is 6. The average Bonchev–Trinajstić information content (AvgIpc) is 2.28. The Kier molecular flexibility index (Phi) is 6.42. The topological polar surface area (TPSA) is 47.6 Å². The second kappa shape index (κ2) is 7.63. The van der Waals surface area contributed by atoms with Gasteiger partial charge in [-0.3, -0.25) is 4.79 Å². The maximum Gasteiger partial charge on any atom is 0.246 e. The van der Waals surface area contributed by atoms with E-state index in [0.29, 0.717) is 12.6 Å². The molecule has 1 atom stereocenters. The molecule has 0 aromatic carbocycles. The minimum Gasteiger partial charge on any atom is -0.378 e. The summed E-state index contributed by atoms with van der Waals surface area (Å²) in [5.41, 5.74) is 0. The average molecular weight is 229 g/mol. The summed E-state index contributed by atoms with van der Waals surface area (Å²) in [6.07, 6.45) is 4.89. The summed E-state index contributed by atoms with van der Waals surface area (Å²) in [4.78, 5) is 11.3. The Labute approximate surface area is 97.7 Å². The van der Waals surface area contributed by atoms with E-state index < -0.39 is 0 Å². The van der Waals surface area contributed by atoms with Gasteiger partial charge in [0.15, 0.2) is 0 Å². The Bertz CT molecular complexity index is 200. The Hall–Kier alpha value is -0.610. The van der Waals surface area contributed by atoms with Gasteiger partial charge in [-0.2, -0.15) is 0 Å². The van der Waals surface area contributed by atoms with Crippen molar-refractivity contribution >= 4 is 5.91 Å². The predicted octanol–water partition coefficient (Wildman–Crippen LogP) is 1.49. The maximum absolute atomic E-state index is 11.3. The zero-order chi connectivity index (χ0) is 11.8. The van der Waals surface area contributed by atoms with Gasteiger partial charge in [0, 0.05) is 13.2 Å². The molecule has 1 amide bonds. The van der Waals surface area contributed by atoms with E-state index in [4.69, 9.17) is 9.47 Å². The second-order valence-electron chi connectivity index (χ2n) is 4.49. The normalized spacial score (nSPS) is 21.1. The fraction of sp³-hybridized carbons (Fsp3) is 0.917. The van der Waals surface area contributed by atoms with Crippen molar-refractivity contribution in [1.82, 2.24) is 5.32 Å². The van der Waals surface area contributed by atoms with Gasteiger partial charge in [-0.15, -0.1) is 0 Å². The lowest BCUT2D eigenvalue weighted by Crippen LogP contribution is -2.32. The van der Waals surface area contributed by atoms with Gasteiger partial charge >= 0.3 is 0 Å². The van der Waals surface area contributed by atoms with E-state index in [1.54, 1.807) is 0 Å². The van der Waals surface area contributed by atoms with Crippen LogP contribution in [0.25, 0.3) is 0 Å². The highest BCUT2D eigenvalue weighted by atomic mass is 16.5. The summed E-state index contributed by atoms with van der Waals surface area (Å²) < 4.78 is 10.8. The molecule has 1 heterocycles. The summed E-state index contributed by atoms with van der Waals surface area (Å²) in [6.45, 7) is 5.55. The van der Waals surface area contributed by atoms with Gasteiger partial charge in [0.05, 0.1) is 12.2 Å². The first kappa shape index (κ1) is 13.5. The fourth-order valence-electron chi connectivity index (χ4n) is 1.70. The van der Waals surface area contributed by atoms with Crippen LogP contribution in [0.5, 0.6) is 0 Å². The molecular weight excluding hydrogens is 206 g/mol. The number of ether oxygens (including phenoxy) is 2. The summed E-state index contributed by atoms with van der Waals surface area (Å²) >= 11 is 0. The molecule has 0 bridgehead atoms. The number of amides is 1. The third-order valence-corrected chi connectivity index (χ3v) is 2.61. The quantitative estimate of drug-likeness (QED) is 0.750. The molecule has 0 aromatic heterocycles. The molecule has 94 valence electrons. The molecule has 1 unspecified atom stereocenters. The molecule has 16 heavy (non-hydrogen) atoms. The predicted molar refractivity (Wildman–Crippen MR) is 62.3 cm³/mol. The molecule has 1 aliphatic heterocycles. The lowest BCUT2D eigenvalue weighted by atomic mass is 10.1. The Balaban J connectivity index is 1.99. The number of nitrogens with one attached hydrogen (secondary N) is 1. The van der Waals surface area contributed by atoms with Gasteiger partial charge in [0.2, 0.25) is 5.91 Å². The Morgan fingerprint density at radius 3 is 2.94 bits per heavy atom. The van der Waals surface area contributed by atoms with Crippen LogP contribution in [-0.2, 0) is 14.3 Å². The van der Waals surface area contributed by atoms with Crippen molar-refractivity contribution in [1.29, 1.82) is 0 Å². The van der Waals surface area contributed by atoms with Crippen molar-refractivity contribution in [3.63, 3.8) is 0 Å². The van der Waals surface area contributed by atoms with Crippen LogP contribution in [0.1, 0.15) is 39.5 Å². The lowest BCUT2D eigenvalue weighted by Gasteiger charge is -2.22. The smallest absolute Gasteiger partial charge is 0.246 e. The van der Waals surface area contributed by atoms with Crippen molar-refractivity contribution in [2.45, 2.75) is 51.7 Å². The van der Waals surface area contributed by atoms with Crippen molar-refractivity contribution in [2.24, 2.45) is 0 Å². The number of hydrogen-bond acceptors (Lipinski definition) is 3. The Morgan fingerprint density at radius 1 is 1.50 bits per heavy atom. The number of carbonyl (C=O) groups excluding carboxylic acids is 1. The van der Waals surface area contributed by atoms with Crippen LogP contribution in [-0.4, -0.2) is 37.9 Å². The molecule has 1 rings (SSSR count). The first-order valence-electron chi connectivity index (χ1n) is 6.18. The summed E-state index contributed by atoms with van der Waals surface area (Å²) in [7, 11) is 0. The van der Waals surface area contributed by atoms with Gasteiger partial charge in [-0.1, -0.05) is 0 Å². The maximum atomic E-state index is 11.3. The van der Waals surface area contributed by atoms with Crippen LogP contribution in [0.15, 0.2) is 0 Å². The zero-order valence-electron chi connectivity index (χ0n) is 10.3. The molecule has 0 aliphatic carbocycles. The summed E-state index contributed by atoms with van der Waals surface area (Å²) in [5, 5.41) is 2.84. The highest BCUT2D eigenvalue weighted by Gasteiger charge is 2.13. The second-order valence-corrected chi connectivity index (χ2v) is 4.49. The standard InChI is InChI=1S/C12H23NO3/c1-10(2)16-9-12(14)13-7-6-11-5-3-4-8-15-11/h10-11H,3-9H2,1-2H3,(H,13,14).